The van der Waals surface area contributed by atoms with Gasteiger partial charge in [-0.1, -0.05) is 29.3 Å². The average Bonchev–Trinajstić information content (AvgIpc) is 3.70. The number of nitrogens with zero attached hydrogens (tertiary/aromatic N) is 2. The van der Waals surface area contributed by atoms with E-state index in [4.69, 9.17) is 9.47 Å². The molecular formula is C48H53IN2O2. The Morgan fingerprint density at radius 3 is 2.02 bits per heavy atom. The van der Waals surface area contributed by atoms with Crippen LogP contribution in [0.1, 0.15) is 76.6 Å². The molecule has 1 aliphatic carbocycles. The van der Waals surface area contributed by atoms with E-state index in [0.29, 0.717) is 0 Å². The van der Waals surface area contributed by atoms with E-state index in [1.54, 1.807) is 7.11 Å². The standard InChI is InChI=1S/C48H53IN2O2/c1-10-50-42-26-12-32(3)30-40(42)47(5,6)44(50)28-16-34-14-15-35(17-29-45-48(7,8)41-31-33(4)13-27-43(41)51(45)11-2)46(34)53-39-24-20-37(21-25-39)49-36-18-22-38(52-9)23-19-36/h12-13,16-31H,10-11,14-15H2,1-9H3. The fourth-order valence-corrected chi connectivity index (χ4v) is 10.4. The van der Waals surface area contributed by atoms with Crippen LogP contribution in [0.15, 0.2) is 132 Å². The van der Waals surface area contributed by atoms with Crippen LogP contribution in [0, 0.1) is 21.0 Å². The Balaban J connectivity index is 1.25. The van der Waals surface area contributed by atoms with Gasteiger partial charge < -0.3 is 0 Å². The zero-order chi connectivity index (χ0) is 37.5. The Morgan fingerprint density at radius 1 is 0.736 bits per heavy atom. The second-order valence-corrected chi connectivity index (χ2v) is 18.4. The Hall–Kier alpha value is -4.36. The average molecular weight is 817 g/mol. The van der Waals surface area contributed by atoms with Crippen molar-refractivity contribution in [3.63, 3.8) is 0 Å². The molecule has 0 fully saturated rings. The first kappa shape index (κ1) is 37.0. The van der Waals surface area contributed by atoms with Crippen LogP contribution in [0.5, 0.6) is 11.5 Å². The quantitative estimate of drug-likeness (QED) is 0.119. The molecule has 53 heavy (non-hydrogen) atoms. The van der Waals surface area contributed by atoms with Crippen LogP contribution in [0.4, 0.5) is 11.4 Å². The third-order valence-electron chi connectivity index (χ3n) is 11.2. The number of rotatable bonds is 10. The minimum Gasteiger partial charge on any atom is -0.0572 e. The summed E-state index contributed by atoms with van der Waals surface area (Å²) in [5.41, 5.74) is 13.0. The molecule has 0 bridgehead atoms. The molecule has 4 aromatic rings. The van der Waals surface area contributed by atoms with Crippen LogP contribution < -0.4 is 35.6 Å². The number of hydrogen-bond donors (Lipinski definition) is 0. The van der Waals surface area contributed by atoms with Gasteiger partial charge in [-0.25, -0.2) is 0 Å². The van der Waals surface area contributed by atoms with Gasteiger partial charge in [-0.05, 0) is 39.8 Å². The Labute approximate surface area is 327 Å². The van der Waals surface area contributed by atoms with Crippen molar-refractivity contribution in [1.82, 2.24) is 0 Å². The molecule has 0 spiro atoms. The Bertz CT molecular complexity index is 2200. The summed E-state index contributed by atoms with van der Waals surface area (Å²) in [4.78, 5) is 2.48. The number of benzene rings is 4. The van der Waals surface area contributed by atoms with Gasteiger partial charge >= 0.3 is 254 Å². The molecule has 0 unspecified atom stereocenters. The molecule has 4 aromatic carbocycles. The molecule has 0 radical (unpaired) electrons. The van der Waals surface area contributed by atoms with E-state index in [-0.39, 0.29) is 32.0 Å². The van der Waals surface area contributed by atoms with Crippen molar-refractivity contribution in [1.29, 1.82) is 0 Å². The number of ether oxygens (including phenoxy) is 2. The summed E-state index contributed by atoms with van der Waals surface area (Å²) in [5, 5.41) is 0. The van der Waals surface area contributed by atoms with Crippen LogP contribution in [-0.2, 0) is 10.8 Å². The fraction of sp³-hybridized carbons (Fsp3) is 0.312. The van der Waals surface area contributed by atoms with Gasteiger partial charge in [0.1, 0.15) is 0 Å². The maximum absolute atomic E-state index is 6.92. The van der Waals surface area contributed by atoms with E-state index < -0.39 is 0 Å². The molecule has 4 nitrogen and oxygen atoms in total. The number of hydrogen-bond acceptors (Lipinski definition) is 3. The molecule has 2 heterocycles. The molecule has 0 N–H and O–H groups in total. The number of allylic oxidation sites excluding steroid dienone is 7. The predicted molar refractivity (Wildman–Crippen MR) is 216 cm³/mol. The van der Waals surface area contributed by atoms with Gasteiger partial charge in [-0.2, -0.15) is 0 Å². The first-order valence-electron chi connectivity index (χ1n) is 19.0. The Kier molecular flexibility index (Phi) is 10.3. The zero-order valence-electron chi connectivity index (χ0n) is 32.8. The van der Waals surface area contributed by atoms with Crippen molar-refractivity contribution >= 4 is 17.1 Å². The summed E-state index contributed by atoms with van der Waals surface area (Å²) in [6.07, 6.45) is 11.3. The summed E-state index contributed by atoms with van der Waals surface area (Å²) < 4.78 is 17.5. The molecule has 0 aromatic heterocycles. The monoisotopic (exact) mass is 816 g/mol. The molecule has 0 amide bonds. The predicted octanol–water partition coefficient (Wildman–Crippen LogP) is 8.15. The van der Waals surface area contributed by atoms with E-state index >= 15 is 0 Å². The summed E-state index contributed by atoms with van der Waals surface area (Å²) in [6.45, 7) is 20.2. The van der Waals surface area contributed by atoms with Gasteiger partial charge in [0.15, 0.2) is 0 Å². The van der Waals surface area contributed by atoms with Crippen molar-refractivity contribution in [3.8, 4) is 11.5 Å². The van der Waals surface area contributed by atoms with Gasteiger partial charge in [0.25, 0.3) is 0 Å². The molecule has 0 saturated carbocycles. The van der Waals surface area contributed by atoms with Gasteiger partial charge in [0.2, 0.25) is 0 Å². The summed E-state index contributed by atoms with van der Waals surface area (Å²) in [6, 6.07) is 31.0. The maximum atomic E-state index is 6.92. The number of likely N-dealkylation sites (N-methyl/N-ethyl adjacent to an activating group) is 1. The van der Waals surface area contributed by atoms with Crippen LogP contribution >= 0.6 is 0 Å². The molecule has 2 aliphatic heterocycles. The molecule has 3 aliphatic rings. The third kappa shape index (κ3) is 7.05. The first-order chi connectivity index (χ1) is 25.4. The van der Waals surface area contributed by atoms with Gasteiger partial charge in [-0.15, -0.1) is 0 Å². The smallest absolute Gasteiger partial charge is 0.0572 e. The molecule has 7 rings (SSSR count). The van der Waals surface area contributed by atoms with Gasteiger partial charge in [0, 0.05) is 6.07 Å². The minimum absolute atomic E-state index is 0.0923. The first-order valence-corrected chi connectivity index (χ1v) is 21.1. The summed E-state index contributed by atoms with van der Waals surface area (Å²) >= 11 is -0.301. The van der Waals surface area contributed by atoms with E-state index in [1.807, 2.05) is 12.1 Å². The van der Waals surface area contributed by atoms with Crippen molar-refractivity contribution in [3.05, 3.63) is 161 Å². The van der Waals surface area contributed by atoms with Crippen molar-refractivity contribution in [2.75, 3.05) is 25.1 Å². The molecule has 5 heteroatoms. The number of anilines is 1. The minimum atomic E-state index is -0.301. The van der Waals surface area contributed by atoms with Crippen LogP contribution in [-0.4, -0.2) is 30.5 Å². The van der Waals surface area contributed by atoms with Gasteiger partial charge in [0.05, 0.1) is 0 Å². The summed E-state index contributed by atoms with van der Waals surface area (Å²) in [5.74, 6) is 2.75. The molecule has 0 atom stereocenters. The van der Waals surface area contributed by atoms with E-state index in [1.165, 1.54) is 63.3 Å². The third-order valence-corrected chi connectivity index (χ3v) is 13.8. The van der Waals surface area contributed by atoms with E-state index in [9.17, 15) is 0 Å². The van der Waals surface area contributed by atoms with Gasteiger partial charge in [-0.3, -0.25) is 0 Å². The molecular weight excluding hydrogens is 763 g/mol. The van der Waals surface area contributed by atoms with E-state index in [0.717, 1.165) is 43.2 Å². The van der Waals surface area contributed by atoms with E-state index in [2.05, 4.69) is 162 Å². The number of halogens is 1. The SMILES string of the molecule is CCN1/C(=C/C=C2\CCC(/C=C/C3=[N+](CC)c4ccc(C)cc4C3(C)C)=C2Oc2ccc([I-]c3ccc(OC)cc3)cc2)C(C)(C)c2cc(C)ccc21. The fourth-order valence-electron chi connectivity index (χ4n) is 8.21. The second-order valence-electron chi connectivity index (χ2n) is 15.4. The second kappa shape index (κ2) is 14.8. The number of methoxy groups -OCH3 is 1. The van der Waals surface area contributed by atoms with Crippen LogP contribution in [0.2, 0.25) is 0 Å². The zero-order valence-corrected chi connectivity index (χ0v) is 35.0. The number of aryl methyl sites for hydroxylation is 2. The van der Waals surface area contributed by atoms with Crippen molar-refractivity contribution < 1.29 is 35.3 Å². The molecule has 0 saturated heterocycles. The van der Waals surface area contributed by atoms with Crippen LogP contribution in [0.25, 0.3) is 0 Å². The topological polar surface area (TPSA) is 24.7 Å². The van der Waals surface area contributed by atoms with Crippen LogP contribution in [0.3, 0.4) is 0 Å². The van der Waals surface area contributed by atoms with Crippen molar-refractivity contribution in [2.24, 2.45) is 0 Å². The Morgan fingerprint density at radius 2 is 1.38 bits per heavy atom. The molecule has 274 valence electrons. The number of fused-ring (bicyclic) bond motifs is 2. The normalized spacial score (nSPS) is 18.9. The van der Waals surface area contributed by atoms with Crippen molar-refractivity contribution in [2.45, 2.75) is 79.1 Å². The summed E-state index contributed by atoms with van der Waals surface area (Å²) in [7, 11) is 1.71.